The van der Waals surface area contributed by atoms with Crippen LogP contribution < -0.4 is 0 Å². The predicted molar refractivity (Wildman–Crippen MR) is 61.0 cm³/mol. The number of ether oxygens (including phenoxy) is 1. The minimum Gasteiger partial charge on any atom is -0.447 e. The summed E-state index contributed by atoms with van der Waals surface area (Å²) >= 11 is 0. The quantitative estimate of drug-likeness (QED) is 0.689. The van der Waals surface area contributed by atoms with Crippen LogP contribution in [-0.4, -0.2) is 23.6 Å². The third-order valence-corrected chi connectivity index (χ3v) is 2.89. The van der Waals surface area contributed by atoms with E-state index < -0.39 is 0 Å². The predicted octanol–water partition coefficient (Wildman–Crippen LogP) is 2.39. The second-order valence-electron chi connectivity index (χ2n) is 3.74. The van der Waals surface area contributed by atoms with Gasteiger partial charge < -0.3 is 9.64 Å². The number of cyclic esters (lactones) is 1. The van der Waals surface area contributed by atoms with E-state index in [1.807, 2.05) is 32.0 Å². The molecule has 1 atom stereocenters. The zero-order valence-corrected chi connectivity index (χ0v) is 13.1. The number of amides is 1. The van der Waals surface area contributed by atoms with E-state index in [0.717, 1.165) is 6.42 Å². The Hall–Kier alpha value is -0.406. The summed E-state index contributed by atoms with van der Waals surface area (Å²) < 4.78 is 5.00. The molecular formula is C13H16NO2Y-. The van der Waals surface area contributed by atoms with Crippen molar-refractivity contribution in [3.63, 3.8) is 0 Å². The molecule has 0 aromatic heterocycles. The Balaban J connectivity index is 0.000000459. The van der Waals surface area contributed by atoms with Crippen molar-refractivity contribution in [1.29, 1.82) is 0 Å². The Kier molecular flexibility index (Phi) is 5.61. The van der Waals surface area contributed by atoms with Crippen LogP contribution >= 0.6 is 0 Å². The Morgan fingerprint density at radius 3 is 3.00 bits per heavy atom. The van der Waals surface area contributed by atoms with Gasteiger partial charge in [0, 0.05) is 39.3 Å². The van der Waals surface area contributed by atoms with Gasteiger partial charge in [-0.2, -0.15) is 29.8 Å². The molecule has 2 aliphatic heterocycles. The van der Waals surface area contributed by atoms with Gasteiger partial charge in [-0.05, 0) is 6.42 Å². The fourth-order valence-electron chi connectivity index (χ4n) is 2.12. The van der Waals surface area contributed by atoms with Crippen molar-refractivity contribution in [1.82, 2.24) is 4.90 Å². The van der Waals surface area contributed by atoms with Crippen LogP contribution in [-0.2, 0) is 50.4 Å². The van der Waals surface area contributed by atoms with Gasteiger partial charge >= 0.3 is 6.09 Å². The fourth-order valence-corrected chi connectivity index (χ4v) is 2.12. The van der Waals surface area contributed by atoms with Crippen LogP contribution in [0.2, 0.25) is 0 Å². The molecule has 3 rings (SSSR count). The van der Waals surface area contributed by atoms with E-state index in [-0.39, 0.29) is 44.8 Å². The molecular weight excluding hydrogens is 291 g/mol. The van der Waals surface area contributed by atoms with E-state index in [1.165, 1.54) is 11.1 Å². The van der Waals surface area contributed by atoms with Gasteiger partial charge in [0.25, 0.3) is 0 Å². The van der Waals surface area contributed by atoms with Crippen molar-refractivity contribution in [2.24, 2.45) is 0 Å². The number of carbonyl (C=O) groups excluding carboxylic acids is 1. The molecule has 1 fully saturated rings. The van der Waals surface area contributed by atoms with Crippen LogP contribution in [0, 0.1) is 6.07 Å². The Bertz CT molecular complexity index is 395. The monoisotopic (exact) mass is 307 g/mol. The molecule has 3 nitrogen and oxygen atoms in total. The summed E-state index contributed by atoms with van der Waals surface area (Å²) in [4.78, 5) is 13.1. The van der Waals surface area contributed by atoms with E-state index in [4.69, 9.17) is 4.74 Å². The summed E-state index contributed by atoms with van der Waals surface area (Å²) in [5.74, 6) is 0. The average Bonchev–Trinajstić information content (AvgIpc) is 2.71. The Labute approximate surface area is 127 Å². The molecule has 0 bridgehead atoms. The molecule has 1 unspecified atom stereocenters. The summed E-state index contributed by atoms with van der Waals surface area (Å²) in [5, 5.41) is 0. The van der Waals surface area contributed by atoms with Gasteiger partial charge in [-0.15, -0.1) is 5.56 Å². The van der Waals surface area contributed by atoms with Crippen LogP contribution in [0.4, 0.5) is 4.79 Å². The number of hydrogen-bond acceptors (Lipinski definition) is 2. The molecule has 1 radical (unpaired) electrons. The van der Waals surface area contributed by atoms with Crippen LogP contribution in [0.1, 0.15) is 25.0 Å². The minimum atomic E-state index is -0.176. The van der Waals surface area contributed by atoms with Crippen LogP contribution in [0.5, 0.6) is 0 Å². The second-order valence-corrected chi connectivity index (χ2v) is 3.74. The van der Waals surface area contributed by atoms with Crippen molar-refractivity contribution in [3.05, 3.63) is 35.4 Å². The largest absolute Gasteiger partial charge is 0.447 e. The normalized spacial score (nSPS) is 20.2. The first-order valence-corrected chi connectivity index (χ1v) is 5.76. The van der Waals surface area contributed by atoms with Crippen LogP contribution in [0.3, 0.4) is 0 Å². The van der Waals surface area contributed by atoms with E-state index >= 15 is 0 Å². The number of nitrogens with zero attached hydrogens (tertiary/aromatic N) is 1. The molecule has 4 heteroatoms. The number of carbonyl (C=O) groups is 1. The van der Waals surface area contributed by atoms with Crippen molar-refractivity contribution < 1.29 is 42.2 Å². The number of benzene rings is 1. The average molecular weight is 307 g/mol. The Morgan fingerprint density at radius 1 is 1.47 bits per heavy atom. The molecule has 89 valence electrons. The van der Waals surface area contributed by atoms with Gasteiger partial charge in [-0.1, -0.05) is 13.8 Å². The van der Waals surface area contributed by atoms with Gasteiger partial charge in [0.05, 0.1) is 6.04 Å². The zero-order valence-electron chi connectivity index (χ0n) is 10.3. The standard InChI is InChI=1S/C11H10NO2.C2H6.Y/c13-11-12-6-9-4-2-1-3-8(9)5-10(12)7-14-11;1-2;/h1-2,4,10H,5-7H2;1-2H3;/q-1;;. The molecule has 17 heavy (non-hydrogen) atoms. The van der Waals surface area contributed by atoms with Crippen LogP contribution in [0.15, 0.2) is 18.2 Å². The molecule has 0 aliphatic carbocycles. The molecule has 0 spiro atoms. The first-order chi connectivity index (χ1) is 7.84. The van der Waals surface area contributed by atoms with Crippen molar-refractivity contribution in [3.8, 4) is 0 Å². The maximum absolute atomic E-state index is 11.3. The summed E-state index contributed by atoms with van der Waals surface area (Å²) in [6.45, 7) is 5.21. The van der Waals surface area contributed by atoms with E-state index in [9.17, 15) is 4.79 Å². The molecule has 1 aromatic rings. The first-order valence-electron chi connectivity index (χ1n) is 5.76. The van der Waals surface area contributed by atoms with Crippen molar-refractivity contribution >= 4 is 6.09 Å². The maximum Gasteiger partial charge on any atom is 0.409 e. The van der Waals surface area contributed by atoms with Gasteiger partial charge in [-0.3, -0.25) is 0 Å². The van der Waals surface area contributed by atoms with E-state index in [1.54, 1.807) is 4.90 Å². The molecule has 0 N–H and O–H groups in total. The third-order valence-electron chi connectivity index (χ3n) is 2.89. The topological polar surface area (TPSA) is 29.5 Å². The number of hydrogen-bond donors (Lipinski definition) is 0. The van der Waals surface area contributed by atoms with E-state index in [2.05, 4.69) is 6.07 Å². The summed E-state index contributed by atoms with van der Waals surface area (Å²) in [7, 11) is 0. The Morgan fingerprint density at radius 2 is 2.24 bits per heavy atom. The first kappa shape index (κ1) is 14.7. The number of rotatable bonds is 0. The van der Waals surface area contributed by atoms with Gasteiger partial charge in [0.1, 0.15) is 6.61 Å². The fraction of sp³-hybridized carbons (Fsp3) is 0.462. The maximum atomic E-state index is 11.3. The summed E-state index contributed by atoms with van der Waals surface area (Å²) in [6, 6.07) is 9.38. The second kappa shape index (κ2) is 6.51. The third kappa shape index (κ3) is 2.89. The molecule has 2 heterocycles. The molecule has 1 amide bonds. The van der Waals surface area contributed by atoms with Gasteiger partial charge in [-0.25, -0.2) is 4.79 Å². The van der Waals surface area contributed by atoms with E-state index in [0.29, 0.717) is 13.2 Å². The summed E-state index contributed by atoms with van der Waals surface area (Å²) in [6.07, 6.45) is 0.701. The molecule has 1 saturated heterocycles. The van der Waals surface area contributed by atoms with Gasteiger partial charge in [0.2, 0.25) is 0 Å². The zero-order chi connectivity index (χ0) is 11.5. The van der Waals surface area contributed by atoms with Crippen molar-refractivity contribution in [2.45, 2.75) is 32.9 Å². The molecule has 2 aliphatic rings. The molecule has 1 aromatic carbocycles. The molecule has 0 saturated carbocycles. The van der Waals surface area contributed by atoms with Crippen molar-refractivity contribution in [2.75, 3.05) is 6.61 Å². The SMILES string of the molecule is CC.O=C1OCC2Cc3[c-]cccc3CN12.[Y]. The smallest absolute Gasteiger partial charge is 0.409 e. The van der Waals surface area contributed by atoms with Gasteiger partial charge in [0.15, 0.2) is 0 Å². The van der Waals surface area contributed by atoms with Crippen LogP contribution in [0.25, 0.3) is 0 Å². The minimum absolute atomic E-state index is 0. The number of fused-ring (bicyclic) bond motifs is 2. The summed E-state index contributed by atoms with van der Waals surface area (Å²) in [5.41, 5.74) is 2.43.